The van der Waals surface area contributed by atoms with Crippen LogP contribution in [-0.4, -0.2) is 59.0 Å². The molecule has 2 rings (SSSR count). The fourth-order valence-electron chi connectivity index (χ4n) is 2.61. The molecule has 0 radical (unpaired) electrons. The summed E-state index contributed by atoms with van der Waals surface area (Å²) in [7, 11) is 0. The summed E-state index contributed by atoms with van der Waals surface area (Å²) in [6, 6.07) is 8.95. The van der Waals surface area contributed by atoms with E-state index in [0.29, 0.717) is 18.7 Å². The minimum Gasteiger partial charge on any atom is -0.465 e. The zero-order valence-electron chi connectivity index (χ0n) is 13.0. The fourth-order valence-corrected chi connectivity index (χ4v) is 2.61. The monoisotopic (exact) mass is 325 g/mol. The minimum absolute atomic E-state index is 0.175. The third-order valence-electron chi connectivity index (χ3n) is 3.86. The summed E-state index contributed by atoms with van der Waals surface area (Å²) in [6.45, 7) is 1.30. The van der Waals surface area contributed by atoms with E-state index in [4.69, 9.17) is 9.47 Å². The summed E-state index contributed by atoms with van der Waals surface area (Å²) in [5.41, 5.74) is 0. The molecule has 7 nitrogen and oxygen atoms in total. The van der Waals surface area contributed by atoms with Gasteiger partial charge in [-0.2, -0.15) is 0 Å². The predicted octanol–water partition coefficient (Wildman–Crippen LogP) is -0.353. The molecule has 1 aromatic carbocycles. The summed E-state index contributed by atoms with van der Waals surface area (Å²) >= 11 is 0. The Bertz CT molecular complexity index is 497. The Balaban J connectivity index is 2.09. The van der Waals surface area contributed by atoms with E-state index in [0.717, 1.165) is 0 Å². The number of benzene rings is 1. The molecule has 1 heterocycles. The summed E-state index contributed by atoms with van der Waals surface area (Å²) in [4.78, 5) is 11.0. The van der Waals surface area contributed by atoms with E-state index in [1.54, 1.807) is 24.3 Å². The van der Waals surface area contributed by atoms with E-state index in [-0.39, 0.29) is 5.91 Å². The van der Waals surface area contributed by atoms with Crippen molar-refractivity contribution < 1.29 is 29.6 Å². The molecule has 4 N–H and O–H groups in total. The second-order valence-corrected chi connectivity index (χ2v) is 5.57. The quantitative estimate of drug-likeness (QED) is 0.569. The molecule has 23 heavy (non-hydrogen) atoms. The SMILES string of the molecule is CC(=O)NCC[C@H]1C(Oc2ccccc2)O[C@H](CO)[C@H](O)[C@@H]1O. The second kappa shape index (κ2) is 8.26. The van der Waals surface area contributed by atoms with E-state index in [1.807, 2.05) is 6.07 Å². The fraction of sp³-hybridized carbons (Fsp3) is 0.562. The number of aliphatic hydroxyl groups excluding tert-OH is 3. The number of ether oxygens (including phenoxy) is 2. The van der Waals surface area contributed by atoms with Gasteiger partial charge in [-0.3, -0.25) is 4.79 Å². The van der Waals surface area contributed by atoms with Gasteiger partial charge in [-0.1, -0.05) is 18.2 Å². The topological polar surface area (TPSA) is 108 Å². The molecule has 1 amide bonds. The number of amides is 1. The number of hydrogen-bond donors (Lipinski definition) is 4. The molecule has 7 heteroatoms. The van der Waals surface area contributed by atoms with E-state index >= 15 is 0 Å². The average Bonchev–Trinajstić information content (AvgIpc) is 2.54. The predicted molar refractivity (Wildman–Crippen MR) is 81.6 cm³/mol. The van der Waals surface area contributed by atoms with Gasteiger partial charge in [0.2, 0.25) is 12.2 Å². The van der Waals surface area contributed by atoms with Crippen LogP contribution in [0.3, 0.4) is 0 Å². The Morgan fingerprint density at radius 2 is 1.96 bits per heavy atom. The summed E-state index contributed by atoms with van der Waals surface area (Å²) < 4.78 is 11.4. The Morgan fingerprint density at radius 3 is 2.57 bits per heavy atom. The van der Waals surface area contributed by atoms with Crippen LogP contribution >= 0.6 is 0 Å². The number of carbonyl (C=O) groups is 1. The Morgan fingerprint density at radius 1 is 1.26 bits per heavy atom. The molecule has 1 aliphatic heterocycles. The van der Waals surface area contributed by atoms with Gasteiger partial charge in [0.15, 0.2) is 0 Å². The standard InChI is InChI=1S/C16H23NO6/c1-10(19)17-8-7-12-14(20)15(21)13(9-18)23-16(12)22-11-5-3-2-4-6-11/h2-6,12-16,18,20-21H,7-9H2,1H3,(H,17,19)/t12-,13-,14-,15+,16?/m1/s1. The summed E-state index contributed by atoms with van der Waals surface area (Å²) in [5, 5.41) is 32.3. The van der Waals surface area contributed by atoms with E-state index < -0.39 is 37.1 Å². The lowest BCUT2D eigenvalue weighted by Gasteiger charge is -2.42. The maximum absolute atomic E-state index is 11.0. The van der Waals surface area contributed by atoms with Crippen molar-refractivity contribution in [1.82, 2.24) is 5.32 Å². The molecule has 0 aliphatic carbocycles. The number of para-hydroxylation sites is 1. The molecule has 128 valence electrons. The molecule has 0 bridgehead atoms. The first kappa shape index (κ1) is 17.7. The molecule has 0 aromatic heterocycles. The smallest absolute Gasteiger partial charge is 0.216 e. The van der Waals surface area contributed by atoms with Gasteiger partial charge in [-0.05, 0) is 18.6 Å². The van der Waals surface area contributed by atoms with Crippen LogP contribution in [-0.2, 0) is 9.53 Å². The van der Waals surface area contributed by atoms with Crippen LogP contribution in [0.1, 0.15) is 13.3 Å². The Hall–Kier alpha value is -1.67. The third kappa shape index (κ3) is 4.65. The minimum atomic E-state index is -1.21. The molecule has 5 atom stereocenters. The first-order chi connectivity index (χ1) is 11.0. The number of nitrogens with one attached hydrogen (secondary N) is 1. The second-order valence-electron chi connectivity index (χ2n) is 5.57. The maximum atomic E-state index is 11.0. The van der Waals surface area contributed by atoms with Crippen molar-refractivity contribution in [3.8, 4) is 5.75 Å². The molecule has 1 aliphatic rings. The number of hydrogen-bond acceptors (Lipinski definition) is 6. The Kier molecular flexibility index (Phi) is 6.35. The molecular formula is C16H23NO6. The highest BCUT2D eigenvalue weighted by Crippen LogP contribution is 2.30. The zero-order chi connectivity index (χ0) is 16.8. The largest absolute Gasteiger partial charge is 0.465 e. The third-order valence-corrected chi connectivity index (χ3v) is 3.86. The van der Waals surface area contributed by atoms with Crippen molar-refractivity contribution in [2.75, 3.05) is 13.2 Å². The van der Waals surface area contributed by atoms with E-state index in [9.17, 15) is 20.1 Å². The van der Waals surface area contributed by atoms with Gasteiger partial charge in [0.1, 0.15) is 18.0 Å². The van der Waals surface area contributed by atoms with E-state index in [2.05, 4.69) is 5.32 Å². The van der Waals surface area contributed by atoms with Crippen molar-refractivity contribution in [3.63, 3.8) is 0 Å². The van der Waals surface area contributed by atoms with Gasteiger partial charge in [-0.25, -0.2) is 0 Å². The number of carbonyl (C=O) groups excluding carboxylic acids is 1. The zero-order valence-corrected chi connectivity index (χ0v) is 13.0. The van der Waals surface area contributed by atoms with Gasteiger partial charge in [-0.15, -0.1) is 0 Å². The van der Waals surface area contributed by atoms with Crippen LogP contribution in [0.2, 0.25) is 0 Å². The lowest BCUT2D eigenvalue weighted by molar-refractivity contribution is -0.261. The maximum Gasteiger partial charge on any atom is 0.216 e. The van der Waals surface area contributed by atoms with Gasteiger partial charge in [0.25, 0.3) is 0 Å². The van der Waals surface area contributed by atoms with Crippen LogP contribution in [0.25, 0.3) is 0 Å². The van der Waals surface area contributed by atoms with Crippen molar-refractivity contribution in [3.05, 3.63) is 30.3 Å². The van der Waals surface area contributed by atoms with Gasteiger partial charge in [0.05, 0.1) is 18.6 Å². The van der Waals surface area contributed by atoms with Crippen LogP contribution < -0.4 is 10.1 Å². The Labute approximate surface area is 134 Å². The highest BCUT2D eigenvalue weighted by atomic mass is 16.7. The first-order valence-corrected chi connectivity index (χ1v) is 7.61. The molecule has 1 fully saturated rings. The van der Waals surface area contributed by atoms with E-state index in [1.165, 1.54) is 6.92 Å². The van der Waals surface area contributed by atoms with Gasteiger partial charge < -0.3 is 30.1 Å². The lowest BCUT2D eigenvalue weighted by atomic mass is 9.88. The van der Waals surface area contributed by atoms with Crippen molar-refractivity contribution in [1.29, 1.82) is 0 Å². The molecule has 1 aromatic rings. The molecule has 0 spiro atoms. The van der Waals surface area contributed by atoms with Crippen molar-refractivity contribution in [2.24, 2.45) is 5.92 Å². The van der Waals surface area contributed by atoms with Gasteiger partial charge >= 0.3 is 0 Å². The summed E-state index contributed by atoms with van der Waals surface area (Å²) in [5.74, 6) is -0.160. The van der Waals surface area contributed by atoms with Gasteiger partial charge in [0, 0.05) is 13.5 Å². The normalized spacial score (nSPS) is 30.7. The van der Waals surface area contributed by atoms with Crippen molar-refractivity contribution in [2.45, 2.75) is 37.9 Å². The highest BCUT2D eigenvalue weighted by Gasteiger charge is 2.45. The summed E-state index contributed by atoms with van der Waals surface area (Å²) in [6.07, 6.45) is -3.72. The van der Waals surface area contributed by atoms with Crippen LogP contribution in [0.4, 0.5) is 0 Å². The lowest BCUT2D eigenvalue weighted by Crippen LogP contribution is -2.57. The van der Waals surface area contributed by atoms with Crippen LogP contribution in [0.15, 0.2) is 30.3 Å². The first-order valence-electron chi connectivity index (χ1n) is 7.61. The number of rotatable bonds is 6. The number of aliphatic hydroxyl groups is 3. The van der Waals surface area contributed by atoms with Crippen molar-refractivity contribution >= 4 is 5.91 Å². The molecular weight excluding hydrogens is 302 g/mol. The average molecular weight is 325 g/mol. The molecule has 1 unspecified atom stereocenters. The molecule has 1 saturated heterocycles. The highest BCUT2D eigenvalue weighted by molar-refractivity contribution is 5.72. The molecule has 0 saturated carbocycles. The van der Waals surface area contributed by atoms with Crippen LogP contribution in [0, 0.1) is 5.92 Å². The van der Waals surface area contributed by atoms with Crippen LogP contribution in [0.5, 0.6) is 5.75 Å².